The molecule has 0 heterocycles. The Morgan fingerprint density at radius 3 is 2.73 bits per heavy atom. The zero-order valence-corrected chi connectivity index (χ0v) is 10.1. The number of hydrogen-bond donors (Lipinski definition) is 2. The molecule has 0 aliphatic carbocycles. The molecule has 0 aliphatic rings. The number of hydrogen-bond acceptors (Lipinski definition) is 3. The lowest BCUT2D eigenvalue weighted by Gasteiger charge is -2.12. The Morgan fingerprint density at radius 1 is 1.47 bits per heavy atom. The number of thioether (sulfide) groups is 1. The number of nitrogens with two attached hydrogens (primary N) is 1. The van der Waals surface area contributed by atoms with Gasteiger partial charge in [-0.15, -0.1) is 0 Å². The average Bonchev–Trinajstić information content (AvgIpc) is 2.19. The molecule has 0 aromatic heterocycles. The van der Waals surface area contributed by atoms with Crippen LogP contribution in [0.25, 0.3) is 0 Å². The smallest absolute Gasteiger partial charge is 0.234 e. The van der Waals surface area contributed by atoms with Crippen LogP contribution in [0.5, 0.6) is 0 Å². The predicted octanol–water partition coefficient (Wildman–Crippen LogP) is 2.19. The number of nitrogen functional groups attached to an aromatic ring is 1. The van der Waals surface area contributed by atoms with Gasteiger partial charge in [0.2, 0.25) is 5.91 Å². The van der Waals surface area contributed by atoms with Crippen molar-refractivity contribution in [3.05, 3.63) is 23.3 Å². The van der Waals surface area contributed by atoms with Crippen molar-refractivity contribution < 1.29 is 4.79 Å². The first-order valence-electron chi connectivity index (χ1n) is 4.70. The van der Waals surface area contributed by atoms with Crippen LogP contribution >= 0.6 is 11.8 Å². The molecule has 0 bridgehead atoms. The molecule has 3 N–H and O–H groups in total. The molecule has 0 saturated heterocycles. The van der Waals surface area contributed by atoms with E-state index in [1.54, 1.807) is 0 Å². The summed E-state index contributed by atoms with van der Waals surface area (Å²) in [5.74, 6) is 0.440. The van der Waals surface area contributed by atoms with Crippen molar-refractivity contribution in [3.63, 3.8) is 0 Å². The Morgan fingerprint density at radius 2 is 2.13 bits per heavy atom. The second-order valence-electron chi connectivity index (χ2n) is 3.45. The van der Waals surface area contributed by atoms with E-state index in [-0.39, 0.29) is 5.91 Å². The highest BCUT2D eigenvalue weighted by molar-refractivity contribution is 7.99. The summed E-state index contributed by atoms with van der Waals surface area (Å²) in [6.07, 6.45) is 1.89. The van der Waals surface area contributed by atoms with Gasteiger partial charge in [0.25, 0.3) is 0 Å². The molecule has 0 spiro atoms. The monoisotopic (exact) mass is 224 g/mol. The molecule has 3 nitrogen and oxygen atoms in total. The maximum absolute atomic E-state index is 11.4. The molecule has 0 saturated carbocycles. The molecule has 1 amide bonds. The largest absolute Gasteiger partial charge is 0.397 e. The van der Waals surface area contributed by atoms with Gasteiger partial charge >= 0.3 is 0 Å². The van der Waals surface area contributed by atoms with E-state index in [1.807, 2.05) is 32.2 Å². The normalized spacial score (nSPS) is 10.1. The minimum Gasteiger partial charge on any atom is -0.397 e. The van der Waals surface area contributed by atoms with Gasteiger partial charge in [-0.05, 0) is 37.3 Å². The number of nitrogens with one attached hydrogen (secondary N) is 1. The number of benzene rings is 1. The molecule has 1 aromatic rings. The van der Waals surface area contributed by atoms with Crippen molar-refractivity contribution in [1.29, 1.82) is 0 Å². The van der Waals surface area contributed by atoms with Gasteiger partial charge in [0.05, 0.1) is 17.1 Å². The first-order chi connectivity index (χ1) is 7.06. The number of rotatable bonds is 3. The first kappa shape index (κ1) is 11.9. The van der Waals surface area contributed by atoms with E-state index >= 15 is 0 Å². The summed E-state index contributed by atoms with van der Waals surface area (Å²) >= 11 is 1.49. The van der Waals surface area contributed by atoms with Crippen molar-refractivity contribution in [2.24, 2.45) is 0 Å². The topological polar surface area (TPSA) is 55.1 Å². The minimum atomic E-state index is -0.0112. The van der Waals surface area contributed by atoms with Crippen LogP contribution in [0.15, 0.2) is 12.1 Å². The fourth-order valence-corrected chi connectivity index (χ4v) is 1.64. The zero-order chi connectivity index (χ0) is 11.4. The molecule has 0 aliphatic heterocycles. The van der Waals surface area contributed by atoms with Crippen LogP contribution in [0, 0.1) is 13.8 Å². The molecular weight excluding hydrogens is 208 g/mol. The van der Waals surface area contributed by atoms with E-state index in [9.17, 15) is 4.79 Å². The fourth-order valence-electron chi connectivity index (χ4n) is 1.31. The van der Waals surface area contributed by atoms with Crippen molar-refractivity contribution in [1.82, 2.24) is 0 Å². The van der Waals surface area contributed by atoms with Crippen molar-refractivity contribution in [2.45, 2.75) is 13.8 Å². The van der Waals surface area contributed by atoms with Crippen LogP contribution in [0.4, 0.5) is 11.4 Å². The Bertz CT molecular complexity index is 377. The summed E-state index contributed by atoms with van der Waals surface area (Å²) in [6.45, 7) is 3.96. The molecule has 0 unspecified atom stereocenters. The lowest BCUT2D eigenvalue weighted by Crippen LogP contribution is -2.16. The second kappa shape index (κ2) is 5.07. The number of carbonyl (C=O) groups excluding carboxylic acids is 1. The van der Waals surface area contributed by atoms with Crippen molar-refractivity contribution in [3.8, 4) is 0 Å². The molecule has 1 aromatic carbocycles. The maximum Gasteiger partial charge on any atom is 0.234 e. The maximum atomic E-state index is 11.4. The highest BCUT2D eigenvalue weighted by atomic mass is 32.2. The van der Waals surface area contributed by atoms with E-state index in [0.717, 1.165) is 16.8 Å². The van der Waals surface area contributed by atoms with Crippen LogP contribution in [-0.4, -0.2) is 17.9 Å². The zero-order valence-electron chi connectivity index (χ0n) is 9.26. The van der Waals surface area contributed by atoms with Gasteiger partial charge in [-0.3, -0.25) is 4.79 Å². The van der Waals surface area contributed by atoms with Crippen molar-refractivity contribution >= 4 is 29.0 Å². The van der Waals surface area contributed by atoms with Crippen LogP contribution in [-0.2, 0) is 4.79 Å². The third-order valence-corrected chi connectivity index (χ3v) is 2.86. The van der Waals surface area contributed by atoms with Crippen LogP contribution in [0.1, 0.15) is 11.1 Å². The van der Waals surface area contributed by atoms with Gasteiger partial charge in [-0.1, -0.05) is 6.07 Å². The lowest BCUT2D eigenvalue weighted by molar-refractivity contribution is -0.113. The Kier molecular flexibility index (Phi) is 4.03. The summed E-state index contributed by atoms with van der Waals surface area (Å²) in [4.78, 5) is 11.4. The van der Waals surface area contributed by atoms with Crippen molar-refractivity contribution in [2.75, 3.05) is 23.1 Å². The van der Waals surface area contributed by atoms with E-state index in [2.05, 4.69) is 5.32 Å². The second-order valence-corrected chi connectivity index (χ2v) is 4.32. The number of amides is 1. The van der Waals surface area contributed by atoms with Gasteiger partial charge in [-0.2, -0.15) is 11.8 Å². The van der Waals surface area contributed by atoms with Gasteiger partial charge < -0.3 is 11.1 Å². The Balaban J connectivity index is 2.93. The standard InChI is InChI=1S/C11H16N2OS/c1-7-4-5-9(12)11(8(7)2)13-10(14)6-15-3/h4-5H,6,12H2,1-3H3,(H,13,14). The van der Waals surface area contributed by atoms with Crippen LogP contribution < -0.4 is 11.1 Å². The van der Waals surface area contributed by atoms with Gasteiger partial charge in [0.1, 0.15) is 0 Å². The van der Waals surface area contributed by atoms with Gasteiger partial charge in [0.15, 0.2) is 0 Å². The minimum absolute atomic E-state index is 0.0112. The Labute approximate surface area is 94.4 Å². The number of anilines is 2. The summed E-state index contributed by atoms with van der Waals surface area (Å²) in [7, 11) is 0. The molecular formula is C11H16N2OS. The lowest BCUT2D eigenvalue weighted by atomic mass is 10.1. The highest BCUT2D eigenvalue weighted by Crippen LogP contribution is 2.25. The van der Waals surface area contributed by atoms with E-state index in [1.165, 1.54) is 11.8 Å². The molecule has 82 valence electrons. The SMILES string of the molecule is CSCC(=O)Nc1c(N)ccc(C)c1C. The number of aryl methyl sites for hydroxylation is 1. The predicted molar refractivity (Wildman–Crippen MR) is 67.3 cm³/mol. The highest BCUT2D eigenvalue weighted by Gasteiger charge is 2.08. The quantitative estimate of drug-likeness (QED) is 0.774. The van der Waals surface area contributed by atoms with Crippen LogP contribution in [0.2, 0.25) is 0 Å². The third-order valence-electron chi connectivity index (χ3n) is 2.31. The third kappa shape index (κ3) is 2.89. The van der Waals surface area contributed by atoms with E-state index in [0.29, 0.717) is 11.4 Å². The number of carbonyl (C=O) groups is 1. The van der Waals surface area contributed by atoms with Gasteiger partial charge in [0, 0.05) is 0 Å². The molecule has 0 fully saturated rings. The molecule has 0 radical (unpaired) electrons. The van der Waals surface area contributed by atoms with Gasteiger partial charge in [-0.25, -0.2) is 0 Å². The van der Waals surface area contributed by atoms with Crippen LogP contribution in [0.3, 0.4) is 0 Å². The summed E-state index contributed by atoms with van der Waals surface area (Å²) in [5, 5.41) is 2.84. The molecule has 1 rings (SSSR count). The molecule has 4 heteroatoms. The summed E-state index contributed by atoms with van der Waals surface area (Å²) in [5.41, 5.74) is 9.34. The molecule has 0 atom stereocenters. The first-order valence-corrected chi connectivity index (χ1v) is 6.10. The average molecular weight is 224 g/mol. The van der Waals surface area contributed by atoms with E-state index in [4.69, 9.17) is 5.73 Å². The summed E-state index contributed by atoms with van der Waals surface area (Å²) < 4.78 is 0. The Hall–Kier alpha value is -1.16. The summed E-state index contributed by atoms with van der Waals surface area (Å²) in [6, 6.07) is 3.77. The fraction of sp³-hybridized carbons (Fsp3) is 0.364. The molecule has 15 heavy (non-hydrogen) atoms. The van der Waals surface area contributed by atoms with E-state index < -0.39 is 0 Å².